The lowest BCUT2D eigenvalue weighted by atomic mass is 10.3. The first kappa shape index (κ1) is 11.5. The molecular weight excluding hydrogens is 242 g/mol. The molecule has 2 aromatic rings. The molecule has 16 heavy (non-hydrogen) atoms. The molecule has 0 saturated heterocycles. The molecule has 0 spiro atoms. The van der Waals surface area contributed by atoms with Gasteiger partial charge in [0.2, 0.25) is 0 Å². The Morgan fingerprint density at radius 2 is 1.75 bits per heavy atom. The smallest absolute Gasteiger partial charge is 0.122 e. The average Bonchev–Trinajstić information content (AvgIpc) is 2.76. The molecule has 0 bridgehead atoms. The highest BCUT2D eigenvalue weighted by atomic mass is 35.5. The number of rotatable bonds is 4. The number of hydrogen-bond donors (Lipinski definition) is 1. The average molecular weight is 254 g/mol. The van der Waals surface area contributed by atoms with E-state index in [0.717, 1.165) is 5.75 Å². The van der Waals surface area contributed by atoms with Crippen LogP contribution in [0.1, 0.15) is 9.75 Å². The summed E-state index contributed by atoms with van der Waals surface area (Å²) in [5.41, 5.74) is 5.54. The normalized spacial score (nSPS) is 10.4. The second-order valence-corrected chi connectivity index (χ2v) is 5.00. The van der Waals surface area contributed by atoms with Crippen molar-refractivity contribution in [2.75, 3.05) is 0 Å². The van der Waals surface area contributed by atoms with E-state index in [1.165, 1.54) is 9.75 Å². The molecular formula is C12H12ClNOS. The van der Waals surface area contributed by atoms with Crippen LogP contribution in [0.2, 0.25) is 5.02 Å². The van der Waals surface area contributed by atoms with Gasteiger partial charge in [-0.3, -0.25) is 0 Å². The maximum atomic E-state index is 5.78. The second-order valence-electron chi connectivity index (χ2n) is 3.31. The molecule has 0 aliphatic rings. The molecule has 0 amide bonds. The molecule has 0 saturated carbocycles. The molecule has 2 nitrogen and oxygen atoms in total. The third-order valence-corrected chi connectivity index (χ3v) is 3.45. The van der Waals surface area contributed by atoms with Gasteiger partial charge in [-0.1, -0.05) is 11.6 Å². The number of benzene rings is 1. The summed E-state index contributed by atoms with van der Waals surface area (Å²) in [7, 11) is 0. The van der Waals surface area contributed by atoms with E-state index < -0.39 is 0 Å². The van der Waals surface area contributed by atoms with Gasteiger partial charge < -0.3 is 10.5 Å². The number of ether oxygens (including phenoxy) is 1. The Morgan fingerprint density at radius 1 is 1.06 bits per heavy atom. The van der Waals surface area contributed by atoms with Crippen molar-refractivity contribution < 1.29 is 4.74 Å². The van der Waals surface area contributed by atoms with Crippen LogP contribution in [0, 0.1) is 0 Å². The summed E-state index contributed by atoms with van der Waals surface area (Å²) in [6, 6.07) is 11.4. The van der Waals surface area contributed by atoms with E-state index in [2.05, 4.69) is 0 Å². The van der Waals surface area contributed by atoms with Gasteiger partial charge in [0.05, 0.1) is 0 Å². The van der Waals surface area contributed by atoms with Crippen molar-refractivity contribution in [3.05, 3.63) is 51.2 Å². The zero-order valence-electron chi connectivity index (χ0n) is 8.65. The van der Waals surface area contributed by atoms with E-state index in [1.807, 2.05) is 36.4 Å². The summed E-state index contributed by atoms with van der Waals surface area (Å²) in [6.45, 7) is 1.16. The van der Waals surface area contributed by atoms with E-state index in [-0.39, 0.29) is 0 Å². The minimum Gasteiger partial charge on any atom is -0.488 e. The minimum absolute atomic E-state index is 0.576. The molecule has 2 rings (SSSR count). The minimum atomic E-state index is 0.576. The van der Waals surface area contributed by atoms with Gasteiger partial charge in [-0.25, -0.2) is 0 Å². The zero-order chi connectivity index (χ0) is 11.4. The topological polar surface area (TPSA) is 35.2 Å². The largest absolute Gasteiger partial charge is 0.488 e. The first-order chi connectivity index (χ1) is 7.78. The van der Waals surface area contributed by atoms with Gasteiger partial charge in [0, 0.05) is 21.3 Å². The molecule has 0 fully saturated rings. The fraction of sp³-hybridized carbons (Fsp3) is 0.167. The van der Waals surface area contributed by atoms with Gasteiger partial charge in [-0.05, 0) is 36.4 Å². The van der Waals surface area contributed by atoms with Gasteiger partial charge in [0.1, 0.15) is 12.4 Å². The van der Waals surface area contributed by atoms with Crippen molar-refractivity contribution in [1.29, 1.82) is 0 Å². The van der Waals surface area contributed by atoms with Crippen LogP contribution in [0.4, 0.5) is 0 Å². The van der Waals surface area contributed by atoms with E-state index in [0.29, 0.717) is 18.2 Å². The summed E-state index contributed by atoms with van der Waals surface area (Å²) >= 11 is 7.46. The fourth-order valence-electron chi connectivity index (χ4n) is 1.29. The number of halogens is 1. The van der Waals surface area contributed by atoms with Gasteiger partial charge in [0.15, 0.2) is 0 Å². The molecule has 0 atom stereocenters. The summed E-state index contributed by atoms with van der Waals surface area (Å²) in [4.78, 5) is 2.35. The Bertz CT molecular complexity index is 452. The molecule has 4 heteroatoms. The molecule has 84 valence electrons. The second kappa shape index (κ2) is 5.34. The van der Waals surface area contributed by atoms with Crippen LogP contribution in [-0.2, 0) is 13.2 Å². The zero-order valence-corrected chi connectivity index (χ0v) is 10.2. The number of thiophene rings is 1. The van der Waals surface area contributed by atoms with Crippen molar-refractivity contribution in [1.82, 2.24) is 0 Å². The van der Waals surface area contributed by atoms with Gasteiger partial charge in [0.25, 0.3) is 0 Å². The SMILES string of the molecule is NCc1ccc(COc2ccc(Cl)cc2)s1. The molecule has 1 heterocycles. The summed E-state index contributed by atoms with van der Waals surface area (Å²) < 4.78 is 5.62. The van der Waals surface area contributed by atoms with Crippen molar-refractivity contribution >= 4 is 22.9 Å². The van der Waals surface area contributed by atoms with Crippen LogP contribution in [0.15, 0.2) is 36.4 Å². The van der Waals surface area contributed by atoms with Crippen molar-refractivity contribution in [2.24, 2.45) is 5.73 Å². The third-order valence-electron chi connectivity index (χ3n) is 2.11. The van der Waals surface area contributed by atoms with Gasteiger partial charge in [-0.2, -0.15) is 0 Å². The Balaban J connectivity index is 1.94. The van der Waals surface area contributed by atoms with Crippen molar-refractivity contribution in [3.8, 4) is 5.75 Å². The van der Waals surface area contributed by atoms with E-state index in [4.69, 9.17) is 22.1 Å². The third kappa shape index (κ3) is 2.98. The van der Waals surface area contributed by atoms with Crippen LogP contribution < -0.4 is 10.5 Å². The fourth-order valence-corrected chi connectivity index (χ4v) is 2.23. The Hall–Kier alpha value is -1.03. The van der Waals surface area contributed by atoms with Crippen LogP contribution in [-0.4, -0.2) is 0 Å². The number of hydrogen-bond acceptors (Lipinski definition) is 3. The standard InChI is InChI=1S/C12H12ClNOS/c13-9-1-3-10(4-2-9)15-8-12-6-5-11(7-14)16-12/h1-6H,7-8,14H2. The monoisotopic (exact) mass is 253 g/mol. The lowest BCUT2D eigenvalue weighted by Crippen LogP contribution is -1.93. The molecule has 0 aliphatic heterocycles. The lowest BCUT2D eigenvalue weighted by Gasteiger charge is -2.03. The Labute approximate surface area is 104 Å². The summed E-state index contributed by atoms with van der Waals surface area (Å²) in [5.74, 6) is 0.826. The maximum absolute atomic E-state index is 5.78. The van der Waals surface area contributed by atoms with E-state index >= 15 is 0 Å². The highest BCUT2D eigenvalue weighted by Crippen LogP contribution is 2.20. The molecule has 1 aromatic heterocycles. The Kier molecular flexibility index (Phi) is 3.83. The summed E-state index contributed by atoms with van der Waals surface area (Å²) in [5, 5.41) is 0.717. The molecule has 0 radical (unpaired) electrons. The maximum Gasteiger partial charge on any atom is 0.122 e. The van der Waals surface area contributed by atoms with E-state index in [9.17, 15) is 0 Å². The number of nitrogens with two attached hydrogens (primary N) is 1. The van der Waals surface area contributed by atoms with Crippen LogP contribution in [0.3, 0.4) is 0 Å². The first-order valence-electron chi connectivity index (χ1n) is 4.94. The predicted molar refractivity (Wildman–Crippen MR) is 68.0 cm³/mol. The van der Waals surface area contributed by atoms with Gasteiger partial charge in [-0.15, -0.1) is 11.3 Å². The Morgan fingerprint density at radius 3 is 2.38 bits per heavy atom. The summed E-state index contributed by atoms with van der Waals surface area (Å²) in [6.07, 6.45) is 0. The molecule has 0 unspecified atom stereocenters. The van der Waals surface area contributed by atoms with E-state index in [1.54, 1.807) is 11.3 Å². The molecule has 2 N–H and O–H groups in total. The van der Waals surface area contributed by atoms with Crippen LogP contribution >= 0.6 is 22.9 Å². The van der Waals surface area contributed by atoms with Crippen LogP contribution in [0.25, 0.3) is 0 Å². The van der Waals surface area contributed by atoms with Crippen LogP contribution in [0.5, 0.6) is 5.75 Å². The molecule has 0 aliphatic carbocycles. The predicted octanol–water partition coefficient (Wildman–Crippen LogP) is 3.44. The lowest BCUT2D eigenvalue weighted by molar-refractivity contribution is 0.310. The quantitative estimate of drug-likeness (QED) is 0.906. The van der Waals surface area contributed by atoms with Crippen molar-refractivity contribution in [2.45, 2.75) is 13.2 Å². The first-order valence-corrected chi connectivity index (χ1v) is 6.13. The highest BCUT2D eigenvalue weighted by molar-refractivity contribution is 7.11. The highest BCUT2D eigenvalue weighted by Gasteiger charge is 2.00. The molecule has 1 aromatic carbocycles. The van der Waals surface area contributed by atoms with Gasteiger partial charge >= 0.3 is 0 Å². The van der Waals surface area contributed by atoms with Crippen molar-refractivity contribution in [3.63, 3.8) is 0 Å².